The van der Waals surface area contributed by atoms with Gasteiger partial charge in [0.2, 0.25) is 0 Å². The monoisotopic (exact) mass is 463 g/mol. The van der Waals surface area contributed by atoms with Crippen molar-refractivity contribution in [1.29, 1.82) is 0 Å². The second kappa shape index (κ2) is 8.65. The van der Waals surface area contributed by atoms with Gasteiger partial charge >= 0.3 is 182 Å². The number of fused-ring (bicyclic) bond motifs is 6. The maximum absolute atomic E-state index is 6.77. The fourth-order valence-corrected chi connectivity index (χ4v) is 12.2. The molecule has 0 spiro atoms. The standard InChI is InChI=1S/C25H27GeNO3/c1-4-10-22(11-5-1)25(23-12-6-2-7-13-23,24-14-8-3-9-15-24)26-28-19-16-27(17-20-29-26)18-21-30-26/h1-15H,16-21H2. The molecule has 0 aromatic heterocycles. The van der Waals surface area contributed by atoms with Crippen LogP contribution in [0.1, 0.15) is 16.7 Å². The second-order valence-electron chi connectivity index (χ2n) is 7.79. The molecule has 5 heteroatoms. The number of hydrogen-bond acceptors (Lipinski definition) is 4. The Kier molecular flexibility index (Phi) is 5.76. The summed E-state index contributed by atoms with van der Waals surface area (Å²) in [6.07, 6.45) is 0. The van der Waals surface area contributed by atoms with Crippen LogP contribution in [-0.2, 0) is 15.5 Å². The van der Waals surface area contributed by atoms with E-state index in [0.29, 0.717) is 19.8 Å². The van der Waals surface area contributed by atoms with Gasteiger partial charge < -0.3 is 0 Å². The van der Waals surface area contributed by atoms with E-state index in [1.807, 2.05) is 0 Å². The number of nitrogens with zero attached hydrogens (tertiary/aromatic N) is 1. The van der Waals surface area contributed by atoms with E-state index < -0.39 is 18.5 Å². The molecule has 30 heavy (non-hydrogen) atoms. The Hall–Kier alpha value is -1.96. The molecule has 0 radical (unpaired) electrons. The van der Waals surface area contributed by atoms with Gasteiger partial charge in [0.25, 0.3) is 0 Å². The summed E-state index contributed by atoms with van der Waals surface area (Å²) >= 11 is -3.95. The van der Waals surface area contributed by atoms with Crippen molar-refractivity contribution < 1.29 is 11.3 Å². The quantitative estimate of drug-likeness (QED) is 0.436. The molecule has 3 fully saturated rings. The number of hydrogen-bond donors (Lipinski definition) is 0. The van der Waals surface area contributed by atoms with Crippen LogP contribution in [0, 0.1) is 0 Å². The van der Waals surface area contributed by atoms with Gasteiger partial charge in [0.1, 0.15) is 0 Å². The normalized spacial score (nSPS) is 24.6. The summed E-state index contributed by atoms with van der Waals surface area (Å²) in [5.41, 5.74) is 3.50. The Bertz CT molecular complexity index is 829. The van der Waals surface area contributed by atoms with Crippen LogP contribution in [0.15, 0.2) is 91.0 Å². The summed E-state index contributed by atoms with van der Waals surface area (Å²) in [6.45, 7) is 4.67. The SMILES string of the molecule is c1ccc([C](c2ccccc2)(c2ccccc2)[Ge]23[O]CCN(CC[O]2)CC[O]3)cc1. The third-order valence-electron chi connectivity index (χ3n) is 6.18. The fraction of sp³-hybridized carbons (Fsp3) is 0.280. The molecule has 2 bridgehead atoms. The maximum atomic E-state index is 6.77. The molecule has 4 nitrogen and oxygen atoms in total. The van der Waals surface area contributed by atoms with Crippen molar-refractivity contribution in [1.82, 2.24) is 4.90 Å². The number of benzene rings is 3. The Morgan fingerprint density at radius 3 is 1.20 bits per heavy atom. The van der Waals surface area contributed by atoms with Crippen LogP contribution in [0.5, 0.6) is 0 Å². The first kappa shape index (κ1) is 20.0. The van der Waals surface area contributed by atoms with Gasteiger partial charge in [0, 0.05) is 0 Å². The van der Waals surface area contributed by atoms with E-state index in [9.17, 15) is 0 Å². The van der Waals surface area contributed by atoms with Gasteiger partial charge in [-0.1, -0.05) is 0 Å². The summed E-state index contributed by atoms with van der Waals surface area (Å²) in [6, 6.07) is 31.9. The van der Waals surface area contributed by atoms with Crippen LogP contribution < -0.4 is 0 Å². The minimum absolute atomic E-state index is 0.594. The summed E-state index contributed by atoms with van der Waals surface area (Å²) in [5.74, 6) is 0. The van der Waals surface area contributed by atoms with Crippen molar-refractivity contribution in [3.05, 3.63) is 108 Å². The zero-order valence-corrected chi connectivity index (χ0v) is 19.2. The molecule has 0 unspecified atom stereocenters. The molecule has 3 aliphatic heterocycles. The topological polar surface area (TPSA) is 30.9 Å². The predicted molar refractivity (Wildman–Crippen MR) is 119 cm³/mol. The van der Waals surface area contributed by atoms with Crippen LogP contribution >= 0.6 is 0 Å². The van der Waals surface area contributed by atoms with Gasteiger partial charge in [-0.25, -0.2) is 0 Å². The zero-order chi connectivity index (χ0) is 20.3. The predicted octanol–water partition coefficient (Wildman–Crippen LogP) is 3.88. The van der Waals surface area contributed by atoms with Gasteiger partial charge in [-0.2, -0.15) is 0 Å². The summed E-state index contributed by atoms with van der Waals surface area (Å²) in [5, 5.41) is 0. The van der Waals surface area contributed by atoms with Crippen LogP contribution in [0.3, 0.4) is 0 Å². The van der Waals surface area contributed by atoms with Crippen molar-refractivity contribution in [2.75, 3.05) is 39.5 Å². The first-order valence-electron chi connectivity index (χ1n) is 10.7. The van der Waals surface area contributed by atoms with Crippen LogP contribution in [-0.4, -0.2) is 58.6 Å². The van der Waals surface area contributed by atoms with Gasteiger partial charge in [0.05, 0.1) is 0 Å². The van der Waals surface area contributed by atoms with Crippen molar-refractivity contribution in [3.63, 3.8) is 0 Å². The molecule has 3 saturated heterocycles. The Labute approximate surface area is 181 Å². The average Bonchev–Trinajstić information content (AvgIpc) is 2.77. The zero-order valence-electron chi connectivity index (χ0n) is 17.1. The summed E-state index contributed by atoms with van der Waals surface area (Å²) < 4.78 is 19.7. The van der Waals surface area contributed by atoms with E-state index in [1.54, 1.807) is 0 Å². The Morgan fingerprint density at radius 2 is 0.867 bits per heavy atom. The van der Waals surface area contributed by atoms with Crippen molar-refractivity contribution >= 4 is 14.3 Å². The molecule has 3 aromatic rings. The van der Waals surface area contributed by atoms with Crippen LogP contribution in [0.4, 0.5) is 0 Å². The van der Waals surface area contributed by atoms with Crippen LogP contribution in [0.2, 0.25) is 0 Å². The van der Waals surface area contributed by atoms with Gasteiger partial charge in [0.15, 0.2) is 0 Å². The Balaban J connectivity index is 1.83. The van der Waals surface area contributed by atoms with E-state index in [0.717, 1.165) is 19.6 Å². The third-order valence-corrected chi connectivity index (χ3v) is 13.6. The van der Waals surface area contributed by atoms with Crippen molar-refractivity contribution in [2.24, 2.45) is 0 Å². The van der Waals surface area contributed by atoms with Gasteiger partial charge in [-0.15, -0.1) is 0 Å². The van der Waals surface area contributed by atoms with Crippen molar-refractivity contribution in [3.8, 4) is 0 Å². The fourth-order valence-electron chi connectivity index (χ4n) is 4.81. The summed E-state index contributed by atoms with van der Waals surface area (Å²) in [7, 11) is 0. The molecule has 0 N–H and O–H groups in total. The molecular weight excluding hydrogens is 435 g/mol. The van der Waals surface area contributed by atoms with E-state index in [1.165, 1.54) is 16.7 Å². The molecule has 0 aliphatic carbocycles. The molecule has 0 saturated carbocycles. The number of rotatable bonds is 4. The first-order valence-corrected chi connectivity index (χ1v) is 14.3. The average molecular weight is 462 g/mol. The van der Waals surface area contributed by atoms with E-state index in [2.05, 4.69) is 95.9 Å². The van der Waals surface area contributed by atoms with Gasteiger partial charge in [-0.05, 0) is 0 Å². The molecular formula is C25H27GeNO3. The molecule has 3 heterocycles. The van der Waals surface area contributed by atoms with Crippen molar-refractivity contribution in [2.45, 2.75) is 4.25 Å². The van der Waals surface area contributed by atoms with E-state index >= 15 is 0 Å². The third kappa shape index (κ3) is 3.33. The first-order chi connectivity index (χ1) is 14.9. The molecule has 0 atom stereocenters. The minimum atomic E-state index is -3.95. The van der Waals surface area contributed by atoms with Gasteiger partial charge in [-0.3, -0.25) is 0 Å². The molecule has 3 aliphatic rings. The van der Waals surface area contributed by atoms with Crippen LogP contribution in [0.25, 0.3) is 0 Å². The van der Waals surface area contributed by atoms with E-state index in [4.69, 9.17) is 11.3 Å². The second-order valence-corrected chi connectivity index (χ2v) is 13.5. The molecule has 6 rings (SSSR count). The van der Waals surface area contributed by atoms with E-state index in [-0.39, 0.29) is 0 Å². The molecule has 3 aromatic carbocycles. The summed E-state index contributed by atoms with van der Waals surface area (Å²) in [4.78, 5) is 2.36. The molecule has 0 amide bonds. The molecule has 154 valence electrons. The Morgan fingerprint density at radius 1 is 0.533 bits per heavy atom.